The fraction of sp³-hybridized carbons (Fsp3) is 0.294. The van der Waals surface area contributed by atoms with E-state index in [-0.39, 0.29) is 11.7 Å². The van der Waals surface area contributed by atoms with E-state index in [9.17, 15) is 4.79 Å². The topological polar surface area (TPSA) is 77.6 Å². The lowest BCUT2D eigenvalue weighted by Gasteiger charge is -2.07. The fourth-order valence-corrected chi connectivity index (χ4v) is 3.43. The summed E-state index contributed by atoms with van der Waals surface area (Å²) in [5.74, 6) is 0.868. The molecule has 0 aliphatic rings. The van der Waals surface area contributed by atoms with Crippen molar-refractivity contribution >= 4 is 35.0 Å². The second-order valence-corrected chi connectivity index (χ2v) is 6.86. The molecule has 0 aliphatic carbocycles. The Morgan fingerprint density at radius 3 is 2.81 bits per heavy atom. The zero-order valence-electron chi connectivity index (χ0n) is 14.5. The van der Waals surface area contributed by atoms with Gasteiger partial charge in [-0.2, -0.15) is 5.10 Å². The van der Waals surface area contributed by atoms with Crippen molar-refractivity contribution < 1.29 is 4.79 Å². The third-order valence-electron chi connectivity index (χ3n) is 3.69. The zero-order valence-corrected chi connectivity index (χ0v) is 16.1. The molecule has 2 aromatic heterocycles. The van der Waals surface area contributed by atoms with Crippen molar-refractivity contribution in [1.29, 1.82) is 0 Å². The van der Waals surface area contributed by atoms with Gasteiger partial charge in [-0.05, 0) is 32.0 Å². The minimum absolute atomic E-state index is 0.122. The van der Waals surface area contributed by atoms with Gasteiger partial charge in [0.2, 0.25) is 5.91 Å². The van der Waals surface area contributed by atoms with E-state index >= 15 is 0 Å². The normalized spacial score (nSPS) is 10.9. The monoisotopic (exact) mass is 390 g/mol. The molecule has 3 aromatic rings. The molecule has 1 aromatic carbocycles. The summed E-state index contributed by atoms with van der Waals surface area (Å²) >= 11 is 7.28. The minimum atomic E-state index is -0.122. The number of carbonyl (C=O) groups is 1. The molecule has 0 unspecified atom stereocenters. The van der Waals surface area contributed by atoms with Crippen LogP contribution in [0.5, 0.6) is 0 Å². The summed E-state index contributed by atoms with van der Waals surface area (Å²) < 4.78 is 3.82. The molecule has 1 amide bonds. The van der Waals surface area contributed by atoms with Gasteiger partial charge in [-0.1, -0.05) is 29.4 Å². The summed E-state index contributed by atoms with van der Waals surface area (Å²) in [5.41, 5.74) is 1.59. The minimum Gasteiger partial charge on any atom is -0.325 e. The number of halogens is 1. The van der Waals surface area contributed by atoms with Gasteiger partial charge in [0.25, 0.3) is 0 Å². The lowest BCUT2D eigenvalue weighted by Crippen LogP contribution is -2.14. The Morgan fingerprint density at radius 1 is 1.27 bits per heavy atom. The van der Waals surface area contributed by atoms with Crippen molar-refractivity contribution in [2.75, 3.05) is 11.1 Å². The second-order valence-electron chi connectivity index (χ2n) is 5.48. The number of anilines is 1. The van der Waals surface area contributed by atoms with E-state index in [4.69, 9.17) is 11.6 Å². The van der Waals surface area contributed by atoms with Crippen molar-refractivity contribution in [2.24, 2.45) is 0 Å². The average Bonchev–Trinajstić information content (AvgIpc) is 3.26. The van der Waals surface area contributed by atoms with E-state index in [2.05, 4.69) is 20.6 Å². The van der Waals surface area contributed by atoms with Gasteiger partial charge in [-0.3, -0.25) is 9.48 Å². The first-order valence-electron chi connectivity index (χ1n) is 8.25. The van der Waals surface area contributed by atoms with Gasteiger partial charge in [-0.15, -0.1) is 10.2 Å². The zero-order chi connectivity index (χ0) is 18.5. The van der Waals surface area contributed by atoms with Crippen LogP contribution in [-0.4, -0.2) is 36.2 Å². The molecule has 0 bridgehead atoms. The molecular weight excluding hydrogens is 372 g/mol. The summed E-state index contributed by atoms with van der Waals surface area (Å²) in [6, 6.07) is 7.06. The Balaban J connectivity index is 1.67. The number of carbonyl (C=O) groups excluding carboxylic acids is 1. The maximum absolute atomic E-state index is 12.2. The number of thioether (sulfide) groups is 1. The van der Waals surface area contributed by atoms with Crippen molar-refractivity contribution in [3.63, 3.8) is 0 Å². The Hall–Kier alpha value is -2.32. The molecular formula is C17H19ClN6OS. The SMILES string of the molecule is CCn1cc(-c2nnc(SCC(=O)Nc3cccc(Cl)c3)n2CC)cn1. The molecule has 0 spiro atoms. The van der Waals surface area contributed by atoms with Crippen LogP contribution in [-0.2, 0) is 17.9 Å². The van der Waals surface area contributed by atoms with Gasteiger partial charge < -0.3 is 9.88 Å². The van der Waals surface area contributed by atoms with E-state index in [0.717, 1.165) is 17.9 Å². The van der Waals surface area contributed by atoms with Crippen LogP contribution in [0.3, 0.4) is 0 Å². The molecule has 0 radical (unpaired) electrons. The van der Waals surface area contributed by atoms with Crippen molar-refractivity contribution in [2.45, 2.75) is 32.1 Å². The Morgan fingerprint density at radius 2 is 2.12 bits per heavy atom. The van der Waals surface area contributed by atoms with Crippen LogP contribution >= 0.6 is 23.4 Å². The van der Waals surface area contributed by atoms with Crippen LogP contribution in [0.25, 0.3) is 11.4 Å². The second kappa shape index (κ2) is 8.37. The number of nitrogens with one attached hydrogen (secondary N) is 1. The molecule has 0 saturated heterocycles. The smallest absolute Gasteiger partial charge is 0.234 e. The summed E-state index contributed by atoms with van der Waals surface area (Å²) in [4.78, 5) is 12.2. The van der Waals surface area contributed by atoms with Crippen LogP contribution < -0.4 is 5.32 Å². The summed E-state index contributed by atoms with van der Waals surface area (Å²) in [7, 11) is 0. The molecule has 3 rings (SSSR count). The lowest BCUT2D eigenvalue weighted by atomic mass is 10.3. The Bertz CT molecular complexity index is 906. The Labute approximate surface area is 160 Å². The van der Waals surface area contributed by atoms with E-state index in [1.54, 1.807) is 30.5 Å². The van der Waals surface area contributed by atoms with Gasteiger partial charge in [-0.25, -0.2) is 0 Å². The molecule has 1 N–H and O–H groups in total. The quantitative estimate of drug-likeness (QED) is 0.624. The van der Waals surface area contributed by atoms with E-state index in [1.807, 2.05) is 29.3 Å². The van der Waals surface area contributed by atoms with Gasteiger partial charge >= 0.3 is 0 Å². The number of aryl methyl sites for hydroxylation is 1. The van der Waals surface area contributed by atoms with Gasteiger partial charge in [0.15, 0.2) is 11.0 Å². The van der Waals surface area contributed by atoms with Crippen molar-refractivity contribution in [1.82, 2.24) is 24.5 Å². The van der Waals surface area contributed by atoms with Crippen molar-refractivity contribution in [3.8, 4) is 11.4 Å². The molecule has 9 heteroatoms. The maximum Gasteiger partial charge on any atom is 0.234 e. The Kier molecular flexibility index (Phi) is 5.95. The molecule has 2 heterocycles. The molecule has 0 saturated carbocycles. The molecule has 7 nitrogen and oxygen atoms in total. The van der Waals surface area contributed by atoms with E-state index < -0.39 is 0 Å². The highest BCUT2D eigenvalue weighted by molar-refractivity contribution is 7.99. The van der Waals surface area contributed by atoms with Crippen LogP contribution in [0.2, 0.25) is 5.02 Å². The molecule has 0 aliphatic heterocycles. The van der Waals surface area contributed by atoms with Crippen LogP contribution in [0.1, 0.15) is 13.8 Å². The standard InChI is InChI=1S/C17H19ClN6OS/c1-3-23-10-12(9-19-23)16-21-22-17(24(16)4-2)26-11-15(25)20-14-7-5-6-13(18)8-14/h5-10H,3-4,11H2,1-2H3,(H,20,25). The van der Waals surface area contributed by atoms with Crippen LogP contribution in [0, 0.1) is 0 Å². The first-order valence-corrected chi connectivity index (χ1v) is 9.61. The van der Waals surface area contributed by atoms with Crippen LogP contribution in [0.4, 0.5) is 5.69 Å². The number of benzene rings is 1. The highest BCUT2D eigenvalue weighted by Crippen LogP contribution is 2.24. The number of amides is 1. The predicted molar refractivity (Wildman–Crippen MR) is 103 cm³/mol. The number of nitrogens with zero attached hydrogens (tertiary/aromatic N) is 5. The maximum atomic E-state index is 12.2. The molecule has 136 valence electrons. The summed E-state index contributed by atoms with van der Waals surface area (Å²) in [6.45, 7) is 5.55. The lowest BCUT2D eigenvalue weighted by molar-refractivity contribution is -0.113. The van der Waals surface area contributed by atoms with Gasteiger partial charge in [0.05, 0.1) is 17.5 Å². The van der Waals surface area contributed by atoms with Crippen molar-refractivity contribution in [3.05, 3.63) is 41.7 Å². The molecule has 26 heavy (non-hydrogen) atoms. The van der Waals surface area contributed by atoms with Crippen LogP contribution in [0.15, 0.2) is 41.8 Å². The van der Waals surface area contributed by atoms with Gasteiger partial charge in [0.1, 0.15) is 0 Å². The predicted octanol–water partition coefficient (Wildman–Crippen LogP) is 3.57. The summed E-state index contributed by atoms with van der Waals surface area (Å²) in [5, 5.41) is 16.9. The van der Waals surface area contributed by atoms with E-state index in [1.165, 1.54) is 11.8 Å². The third-order valence-corrected chi connectivity index (χ3v) is 4.89. The third kappa shape index (κ3) is 4.25. The molecule has 0 atom stereocenters. The highest BCUT2D eigenvalue weighted by Gasteiger charge is 2.16. The van der Waals surface area contributed by atoms with Gasteiger partial charge in [0, 0.05) is 30.0 Å². The first-order chi connectivity index (χ1) is 12.6. The van der Waals surface area contributed by atoms with E-state index in [0.29, 0.717) is 22.4 Å². The number of hydrogen-bond donors (Lipinski definition) is 1. The fourth-order valence-electron chi connectivity index (χ4n) is 2.44. The highest BCUT2D eigenvalue weighted by atomic mass is 35.5. The number of hydrogen-bond acceptors (Lipinski definition) is 5. The largest absolute Gasteiger partial charge is 0.325 e. The molecule has 0 fully saturated rings. The first kappa shape index (κ1) is 18.5. The summed E-state index contributed by atoms with van der Waals surface area (Å²) in [6.07, 6.45) is 3.72. The number of aromatic nitrogens is 5. The number of rotatable bonds is 7. The average molecular weight is 391 g/mol.